The van der Waals surface area contributed by atoms with E-state index in [0.29, 0.717) is 5.56 Å². The molecule has 7 aromatic carbocycles. The maximum atomic E-state index is 10.5. The maximum Gasteiger partial charge on any atom is 0.0998 e. The molecule has 0 spiro atoms. The van der Waals surface area contributed by atoms with Crippen molar-refractivity contribution in [1.29, 1.82) is 5.26 Å². The van der Waals surface area contributed by atoms with Crippen LogP contribution in [0.5, 0.6) is 0 Å². The Hall–Kier alpha value is -8.52. The largest absolute Gasteiger partial charge is 0.256 e. The van der Waals surface area contributed by atoms with E-state index >= 15 is 0 Å². The smallest absolute Gasteiger partial charge is 0.0998 e. The van der Waals surface area contributed by atoms with Gasteiger partial charge in [-0.25, -0.2) is 0 Å². The lowest BCUT2D eigenvalue weighted by atomic mass is 9.85. The van der Waals surface area contributed by atoms with Crippen LogP contribution in [0.25, 0.3) is 78.3 Å². The van der Waals surface area contributed by atoms with Crippen LogP contribution >= 0.6 is 0 Å². The van der Waals surface area contributed by atoms with Crippen molar-refractivity contribution in [3.8, 4) is 84.3 Å². The number of pyridine rings is 3. The first-order chi connectivity index (χ1) is 32.6. The zero-order valence-corrected chi connectivity index (χ0v) is 36.6. The Kier molecular flexibility index (Phi) is 12.2. The number of aromatic nitrogens is 3. The SMILES string of the molecule is N#Cc1cc(-c2cc(-c3ccccn3)ccc2-c2ccccc2-c2cc(CCc3ccc(-c4ccccn4)cc3)cc(CCc3ccc(-c4ccccn4)cc3)c2)ccc1-c1ccccc1. The van der Waals surface area contributed by atoms with Gasteiger partial charge < -0.3 is 0 Å². The van der Waals surface area contributed by atoms with E-state index in [1.54, 1.807) is 0 Å². The molecule has 314 valence electrons. The van der Waals surface area contributed by atoms with Crippen molar-refractivity contribution in [2.75, 3.05) is 0 Å². The van der Waals surface area contributed by atoms with Crippen molar-refractivity contribution < 1.29 is 0 Å². The fourth-order valence-corrected chi connectivity index (χ4v) is 8.89. The van der Waals surface area contributed by atoms with Gasteiger partial charge in [-0.2, -0.15) is 5.26 Å². The second-order valence-corrected chi connectivity index (χ2v) is 16.6. The quantitative estimate of drug-likeness (QED) is 0.116. The molecule has 0 aliphatic heterocycles. The van der Waals surface area contributed by atoms with E-state index in [0.717, 1.165) is 98.4 Å². The Morgan fingerprint density at radius 1 is 0.288 bits per heavy atom. The molecular weight excluding hydrogens is 801 g/mol. The van der Waals surface area contributed by atoms with Crippen LogP contribution in [0.15, 0.2) is 231 Å². The molecule has 4 nitrogen and oxygen atoms in total. The van der Waals surface area contributed by atoms with Crippen LogP contribution in [0.2, 0.25) is 0 Å². The number of rotatable bonds is 13. The van der Waals surface area contributed by atoms with E-state index in [9.17, 15) is 5.26 Å². The summed E-state index contributed by atoms with van der Waals surface area (Å²) in [5, 5.41) is 10.5. The lowest BCUT2D eigenvalue weighted by Gasteiger charge is -2.18. The zero-order valence-electron chi connectivity index (χ0n) is 36.6. The summed E-state index contributed by atoms with van der Waals surface area (Å²) in [7, 11) is 0. The molecule has 3 heterocycles. The molecule has 0 saturated heterocycles. The maximum absolute atomic E-state index is 10.5. The Morgan fingerprint density at radius 2 is 0.742 bits per heavy atom. The molecule has 0 amide bonds. The zero-order chi connectivity index (χ0) is 44.5. The van der Waals surface area contributed by atoms with Crippen molar-refractivity contribution in [3.63, 3.8) is 0 Å². The molecular formula is C62H46N4. The van der Waals surface area contributed by atoms with Crippen molar-refractivity contribution in [2.24, 2.45) is 0 Å². The Balaban J connectivity index is 1.03. The number of benzene rings is 7. The van der Waals surface area contributed by atoms with Crippen molar-refractivity contribution >= 4 is 0 Å². The van der Waals surface area contributed by atoms with Crippen LogP contribution in [0, 0.1) is 11.3 Å². The second-order valence-electron chi connectivity index (χ2n) is 16.6. The van der Waals surface area contributed by atoms with E-state index in [2.05, 4.69) is 162 Å². The van der Waals surface area contributed by atoms with Gasteiger partial charge in [-0.05, 0) is 141 Å². The first-order valence-electron chi connectivity index (χ1n) is 22.5. The average Bonchev–Trinajstić information content (AvgIpc) is 3.40. The molecule has 0 N–H and O–H groups in total. The summed E-state index contributed by atoms with van der Waals surface area (Å²) in [6, 6.07) is 77.2. The van der Waals surface area contributed by atoms with E-state index in [4.69, 9.17) is 4.98 Å². The number of aryl methyl sites for hydroxylation is 4. The minimum absolute atomic E-state index is 0.635. The van der Waals surface area contributed by atoms with Gasteiger partial charge in [-0.3, -0.25) is 15.0 Å². The number of nitriles is 1. The van der Waals surface area contributed by atoms with E-state index in [1.165, 1.54) is 27.8 Å². The molecule has 3 aromatic heterocycles. The third kappa shape index (κ3) is 9.38. The highest BCUT2D eigenvalue weighted by Crippen LogP contribution is 2.42. The summed E-state index contributed by atoms with van der Waals surface area (Å²) in [6.45, 7) is 0. The second kappa shape index (κ2) is 19.5. The summed E-state index contributed by atoms with van der Waals surface area (Å²) >= 11 is 0. The first kappa shape index (κ1) is 41.5. The first-order valence-corrected chi connectivity index (χ1v) is 22.5. The van der Waals surface area contributed by atoms with Gasteiger partial charge in [0.2, 0.25) is 0 Å². The van der Waals surface area contributed by atoms with Crippen molar-refractivity contribution in [3.05, 3.63) is 259 Å². The van der Waals surface area contributed by atoms with Crippen molar-refractivity contribution in [2.45, 2.75) is 25.7 Å². The lowest BCUT2D eigenvalue weighted by Crippen LogP contribution is -1.98. The van der Waals surface area contributed by atoms with Crippen LogP contribution in [0.4, 0.5) is 0 Å². The summed E-state index contributed by atoms with van der Waals surface area (Å²) in [5.41, 5.74) is 20.5. The highest BCUT2D eigenvalue weighted by Gasteiger charge is 2.17. The third-order valence-corrected chi connectivity index (χ3v) is 12.3. The summed E-state index contributed by atoms with van der Waals surface area (Å²) in [5.74, 6) is 0. The van der Waals surface area contributed by atoms with Crippen LogP contribution in [-0.4, -0.2) is 15.0 Å². The molecule has 4 heteroatoms. The minimum atomic E-state index is 0.635. The molecule has 66 heavy (non-hydrogen) atoms. The summed E-state index contributed by atoms with van der Waals surface area (Å²) in [6.07, 6.45) is 9.16. The van der Waals surface area contributed by atoms with Crippen molar-refractivity contribution in [1.82, 2.24) is 15.0 Å². The number of hydrogen-bond donors (Lipinski definition) is 0. The fraction of sp³-hybridized carbons (Fsp3) is 0.0645. The van der Waals surface area contributed by atoms with Gasteiger partial charge in [0.15, 0.2) is 0 Å². The summed E-state index contributed by atoms with van der Waals surface area (Å²) < 4.78 is 0. The molecule has 0 bridgehead atoms. The molecule has 0 unspecified atom stereocenters. The van der Waals surface area contributed by atoms with Gasteiger partial charge in [0.25, 0.3) is 0 Å². The Morgan fingerprint density at radius 3 is 1.29 bits per heavy atom. The highest BCUT2D eigenvalue weighted by molar-refractivity contribution is 5.94. The van der Waals surface area contributed by atoms with Gasteiger partial charge in [-0.1, -0.05) is 164 Å². The normalized spacial score (nSPS) is 11.0. The molecule has 0 atom stereocenters. The standard InChI is InChI=1S/C62H46N4/c63-43-54-41-51(31-33-55(54)48-12-2-1-3-13-48)59-42-52(62-18-8-11-37-66-62)32-34-58(59)57-15-5-4-14-56(57)53-39-46(21-19-44-23-27-49(28-24-44)60-16-6-9-35-64-60)38-47(40-53)22-20-45-25-29-50(30-26-45)61-17-7-10-36-65-61/h1-18,23-42H,19-22H2. The van der Waals surface area contributed by atoms with Crippen LogP contribution in [-0.2, 0) is 25.7 Å². The van der Waals surface area contributed by atoms with Crippen LogP contribution in [0.3, 0.4) is 0 Å². The molecule has 0 saturated carbocycles. The summed E-state index contributed by atoms with van der Waals surface area (Å²) in [4.78, 5) is 13.8. The monoisotopic (exact) mass is 846 g/mol. The number of nitrogens with zero attached hydrogens (tertiary/aromatic N) is 4. The average molecular weight is 847 g/mol. The molecule has 0 aliphatic rings. The predicted octanol–water partition coefficient (Wildman–Crippen LogP) is 15.0. The molecule has 10 aromatic rings. The van der Waals surface area contributed by atoms with Gasteiger partial charge in [0.1, 0.15) is 0 Å². The van der Waals surface area contributed by atoms with Gasteiger partial charge >= 0.3 is 0 Å². The topological polar surface area (TPSA) is 62.5 Å². The van der Waals surface area contributed by atoms with Crippen LogP contribution < -0.4 is 0 Å². The molecule has 0 fully saturated rings. The Bertz CT molecular complexity index is 3160. The third-order valence-electron chi connectivity index (χ3n) is 12.3. The minimum Gasteiger partial charge on any atom is -0.256 e. The Labute approximate surface area is 387 Å². The van der Waals surface area contributed by atoms with Gasteiger partial charge in [0.05, 0.1) is 28.7 Å². The highest BCUT2D eigenvalue weighted by atomic mass is 14.7. The predicted molar refractivity (Wildman–Crippen MR) is 270 cm³/mol. The van der Waals surface area contributed by atoms with Gasteiger partial charge in [-0.15, -0.1) is 0 Å². The lowest BCUT2D eigenvalue weighted by molar-refractivity contribution is 0.931. The molecule has 0 radical (unpaired) electrons. The van der Waals surface area contributed by atoms with E-state index < -0.39 is 0 Å². The molecule has 10 rings (SSSR count). The van der Waals surface area contributed by atoms with E-state index in [-0.39, 0.29) is 0 Å². The van der Waals surface area contributed by atoms with Crippen LogP contribution in [0.1, 0.15) is 27.8 Å². The van der Waals surface area contributed by atoms with Gasteiger partial charge in [0, 0.05) is 35.3 Å². The number of hydrogen-bond acceptors (Lipinski definition) is 4. The van der Waals surface area contributed by atoms with E-state index in [1.807, 2.05) is 85.3 Å². The molecule has 0 aliphatic carbocycles. The fourth-order valence-electron chi connectivity index (χ4n) is 8.89.